The molecule has 4 bridgehead atoms. The van der Waals surface area contributed by atoms with Gasteiger partial charge >= 0.3 is 0 Å². The molecule has 1 saturated heterocycles. The minimum atomic E-state index is -0.974. The molecule has 6 aliphatic rings. The lowest BCUT2D eigenvalue weighted by atomic mass is 9.37. The molecule has 9 heteroatoms. The number of nitrogens with one attached hydrogen (secondary N) is 3. The number of halogens is 1. The number of rotatable bonds is 4. The van der Waals surface area contributed by atoms with Gasteiger partial charge in [0.25, 0.3) is 5.91 Å². The summed E-state index contributed by atoms with van der Waals surface area (Å²) in [5, 5.41) is 0. The highest BCUT2D eigenvalue weighted by atomic mass is 35.5. The van der Waals surface area contributed by atoms with E-state index in [2.05, 4.69) is 36.1 Å². The number of amides is 2. The van der Waals surface area contributed by atoms with Gasteiger partial charge in [0.05, 0.1) is 37.5 Å². The van der Waals surface area contributed by atoms with Gasteiger partial charge in [-0.15, -0.1) is 0 Å². The van der Waals surface area contributed by atoms with E-state index in [0.29, 0.717) is 18.0 Å². The van der Waals surface area contributed by atoms with Crippen molar-refractivity contribution >= 4 is 11.8 Å². The molecule has 2 aromatic rings. The molecule has 2 aromatic carbocycles. The summed E-state index contributed by atoms with van der Waals surface area (Å²) in [6.07, 6.45) is 6.54. The molecule has 2 aliphatic heterocycles. The third-order valence-electron chi connectivity index (χ3n) is 10.1. The Morgan fingerprint density at radius 3 is 2.61 bits per heavy atom. The fraction of sp³-hybridized carbons (Fsp3) is 0.448. The number of carbonyl (C=O) groups is 2. The number of quaternary nitrogens is 1. The van der Waals surface area contributed by atoms with Crippen LogP contribution in [0.15, 0.2) is 54.6 Å². The smallest absolute Gasteiger partial charge is 0.269 e. The molecule has 38 heavy (non-hydrogen) atoms. The van der Waals surface area contributed by atoms with E-state index in [4.69, 9.17) is 14.2 Å². The second kappa shape index (κ2) is 8.46. The molecule has 2 amide bonds. The number of hydrogen-bond donors (Lipinski definition) is 3. The molecule has 0 aromatic heterocycles. The van der Waals surface area contributed by atoms with Crippen molar-refractivity contribution in [2.24, 2.45) is 11.3 Å². The van der Waals surface area contributed by atoms with Crippen molar-refractivity contribution in [1.29, 1.82) is 0 Å². The molecular formula is C29H32ClN3O5. The van der Waals surface area contributed by atoms with Gasteiger partial charge < -0.3 is 31.5 Å². The van der Waals surface area contributed by atoms with E-state index in [0.717, 1.165) is 30.9 Å². The largest absolute Gasteiger partial charge is 1.00 e. The maximum Gasteiger partial charge on any atom is 0.269 e. The summed E-state index contributed by atoms with van der Waals surface area (Å²) in [5.41, 5.74) is 6.84. The van der Waals surface area contributed by atoms with E-state index in [1.54, 1.807) is 38.5 Å². The third kappa shape index (κ3) is 2.83. The molecule has 8 nitrogen and oxygen atoms in total. The summed E-state index contributed by atoms with van der Waals surface area (Å²) < 4.78 is 18.9. The quantitative estimate of drug-likeness (QED) is 0.309. The average Bonchev–Trinajstić information content (AvgIpc) is 3.31. The molecule has 7 atom stereocenters. The van der Waals surface area contributed by atoms with Gasteiger partial charge in [-0.2, -0.15) is 0 Å². The van der Waals surface area contributed by atoms with Crippen molar-refractivity contribution in [3.05, 3.63) is 71.3 Å². The van der Waals surface area contributed by atoms with Crippen LogP contribution in [0, 0.1) is 11.3 Å². The Hall–Kier alpha value is -3.07. The number of carbonyl (C=O) groups excluding carboxylic acids is 2. The lowest BCUT2D eigenvalue weighted by Gasteiger charge is -2.69. The first-order valence-corrected chi connectivity index (χ1v) is 13.0. The van der Waals surface area contributed by atoms with E-state index in [9.17, 15) is 9.59 Å². The van der Waals surface area contributed by atoms with Crippen molar-refractivity contribution in [3.63, 3.8) is 0 Å². The van der Waals surface area contributed by atoms with E-state index in [1.165, 1.54) is 16.0 Å². The molecule has 2 spiro atoms. The Morgan fingerprint density at radius 2 is 1.87 bits per heavy atom. The average molecular weight is 538 g/mol. The Labute approximate surface area is 228 Å². The van der Waals surface area contributed by atoms with E-state index in [-0.39, 0.29) is 41.2 Å². The molecule has 1 saturated carbocycles. The van der Waals surface area contributed by atoms with Crippen LogP contribution in [-0.2, 0) is 21.4 Å². The van der Waals surface area contributed by atoms with E-state index >= 15 is 0 Å². The predicted molar refractivity (Wildman–Crippen MR) is 134 cm³/mol. The van der Waals surface area contributed by atoms with Crippen LogP contribution >= 0.6 is 0 Å². The molecule has 2 heterocycles. The number of ether oxygens (including phenoxy) is 3. The van der Waals surface area contributed by atoms with Crippen LogP contribution in [0.25, 0.3) is 0 Å². The van der Waals surface area contributed by atoms with Gasteiger partial charge in [0, 0.05) is 31.1 Å². The number of piperidine rings is 1. The molecule has 8 rings (SSSR count). The lowest BCUT2D eigenvalue weighted by Crippen LogP contribution is -3.18. The molecule has 1 unspecified atom stereocenters. The van der Waals surface area contributed by atoms with Crippen molar-refractivity contribution < 1.29 is 41.1 Å². The molecule has 2 fully saturated rings. The number of hydrogen-bond acceptors (Lipinski definition) is 5. The van der Waals surface area contributed by atoms with Gasteiger partial charge in [-0.1, -0.05) is 36.4 Å². The summed E-state index contributed by atoms with van der Waals surface area (Å²) >= 11 is 0. The second-order valence-electron chi connectivity index (χ2n) is 11.2. The number of likely N-dealkylation sites (N-methyl/N-ethyl adjacent to an activating group) is 1. The van der Waals surface area contributed by atoms with Crippen molar-refractivity contribution in [1.82, 2.24) is 10.9 Å². The van der Waals surface area contributed by atoms with Crippen LogP contribution in [0.4, 0.5) is 0 Å². The van der Waals surface area contributed by atoms with Crippen molar-refractivity contribution in [2.75, 3.05) is 27.8 Å². The Kier molecular flexibility index (Phi) is 5.62. The Balaban J connectivity index is 0.00000264. The fourth-order valence-electron chi connectivity index (χ4n) is 8.53. The van der Waals surface area contributed by atoms with Crippen LogP contribution in [0.2, 0.25) is 0 Å². The number of fused-ring (bicyclic) bond motifs is 1. The van der Waals surface area contributed by atoms with Crippen LogP contribution < -0.4 is 37.6 Å². The highest BCUT2D eigenvalue weighted by Crippen LogP contribution is 2.73. The zero-order chi connectivity index (χ0) is 25.6. The molecule has 0 radical (unpaired) electrons. The molecular weight excluding hydrogens is 506 g/mol. The monoisotopic (exact) mass is 537 g/mol. The number of methoxy groups -OCH3 is 2. The summed E-state index contributed by atoms with van der Waals surface area (Å²) in [6.45, 7) is 1.03. The van der Waals surface area contributed by atoms with Crippen LogP contribution in [-0.4, -0.2) is 57.4 Å². The minimum absolute atomic E-state index is 0. The minimum Gasteiger partial charge on any atom is -1.00 e. The Morgan fingerprint density at radius 1 is 1.08 bits per heavy atom. The predicted octanol–water partition coefficient (Wildman–Crippen LogP) is -2.04. The van der Waals surface area contributed by atoms with Gasteiger partial charge in [0.2, 0.25) is 5.91 Å². The summed E-state index contributed by atoms with van der Waals surface area (Å²) in [6, 6.07) is 13.3. The number of benzene rings is 2. The highest BCUT2D eigenvalue weighted by Gasteiger charge is 2.81. The normalized spacial score (nSPS) is 36.4. The fourth-order valence-corrected chi connectivity index (χ4v) is 8.53. The maximum absolute atomic E-state index is 13.8. The lowest BCUT2D eigenvalue weighted by molar-refractivity contribution is -0.923. The maximum atomic E-state index is 13.8. The second-order valence-corrected chi connectivity index (χ2v) is 11.2. The molecule has 200 valence electrons. The zero-order valence-corrected chi connectivity index (χ0v) is 22.4. The van der Waals surface area contributed by atoms with Gasteiger partial charge in [-0.05, 0) is 30.2 Å². The van der Waals surface area contributed by atoms with Crippen LogP contribution in [0.1, 0.15) is 34.3 Å². The Bertz CT molecular complexity index is 1350. The van der Waals surface area contributed by atoms with Gasteiger partial charge in [-0.3, -0.25) is 20.4 Å². The first kappa shape index (κ1) is 25.2. The topological polar surface area (TPSA) is 90.3 Å². The summed E-state index contributed by atoms with van der Waals surface area (Å²) in [5.74, 6) is 0.369. The van der Waals surface area contributed by atoms with Crippen LogP contribution in [0.5, 0.6) is 11.5 Å². The first-order valence-electron chi connectivity index (χ1n) is 13.0. The third-order valence-corrected chi connectivity index (χ3v) is 10.1. The highest BCUT2D eigenvalue weighted by molar-refractivity contribution is 5.95. The molecule has 3 N–H and O–H groups in total. The van der Waals surface area contributed by atoms with Crippen molar-refractivity contribution in [2.45, 2.75) is 42.4 Å². The van der Waals surface area contributed by atoms with Gasteiger partial charge in [0.15, 0.2) is 11.5 Å². The SMILES string of the molecule is COc1ccc2c3c1O[C@@H]1[C@@]4(OC)C=C[C@@]5(C[C@H]4C(=O)NNC(=O)c4ccccc4)[C@@H](C2)[NH+](C)CC[C@]315.[Cl-]. The van der Waals surface area contributed by atoms with Gasteiger partial charge in [0.1, 0.15) is 17.7 Å². The zero-order valence-electron chi connectivity index (χ0n) is 21.7. The summed E-state index contributed by atoms with van der Waals surface area (Å²) in [4.78, 5) is 28.0. The van der Waals surface area contributed by atoms with Crippen molar-refractivity contribution in [3.8, 4) is 11.5 Å². The number of hydrazine groups is 1. The first-order chi connectivity index (χ1) is 17.9. The standard InChI is InChI=1S/C29H31N3O5.ClH/c1-32-14-13-28-22-18-9-10-20(35-2)23(22)37-26(28)29(36-3)12-11-27(28,21(32)15-18)16-19(29)25(34)31-30-24(33)17-7-5-4-6-8-17;/h4-12,19,21,26H,13-16H2,1-3H3,(H,30,33)(H,31,34);1H/t19-,21+,26-,27+,28-,29+;/m0./s1. The van der Waals surface area contributed by atoms with Gasteiger partial charge in [-0.25, -0.2) is 0 Å². The van der Waals surface area contributed by atoms with E-state index < -0.39 is 11.5 Å². The van der Waals surface area contributed by atoms with Crippen LogP contribution in [0.3, 0.4) is 0 Å². The molecule has 4 aliphatic carbocycles. The summed E-state index contributed by atoms with van der Waals surface area (Å²) in [7, 11) is 5.60. The number of likely N-dealkylation sites (tertiary alicyclic amines) is 1. The van der Waals surface area contributed by atoms with E-state index in [1.807, 2.05) is 12.1 Å².